The summed E-state index contributed by atoms with van der Waals surface area (Å²) in [5, 5.41) is 3.02. The van der Waals surface area contributed by atoms with Gasteiger partial charge < -0.3 is 15.1 Å². The fourth-order valence-corrected chi connectivity index (χ4v) is 6.02. The molecule has 7 nitrogen and oxygen atoms in total. The lowest BCUT2D eigenvalue weighted by Gasteiger charge is -2.32. The van der Waals surface area contributed by atoms with E-state index in [0.717, 1.165) is 33.7 Å². The van der Waals surface area contributed by atoms with Crippen molar-refractivity contribution in [2.24, 2.45) is 0 Å². The average Bonchev–Trinajstić information content (AvgIpc) is 3.63. The molecule has 0 unspecified atom stereocenters. The van der Waals surface area contributed by atoms with E-state index in [0.29, 0.717) is 38.0 Å². The van der Waals surface area contributed by atoms with Crippen LogP contribution in [0.2, 0.25) is 0 Å². The first kappa shape index (κ1) is 24.2. The van der Waals surface area contributed by atoms with E-state index in [1.54, 1.807) is 21.1 Å². The van der Waals surface area contributed by atoms with Crippen molar-refractivity contribution >= 4 is 29.1 Å². The number of amides is 3. The lowest BCUT2D eigenvalue weighted by molar-refractivity contribution is -0.142. The number of nitrogens with one attached hydrogen (secondary N) is 1. The Bertz CT molecular complexity index is 1290. The lowest BCUT2D eigenvalue weighted by atomic mass is 10.1. The van der Waals surface area contributed by atoms with Crippen molar-refractivity contribution in [1.29, 1.82) is 0 Å². The number of fused-ring (bicyclic) bond motifs is 1. The van der Waals surface area contributed by atoms with Crippen LogP contribution in [-0.2, 0) is 22.7 Å². The van der Waals surface area contributed by atoms with E-state index in [2.05, 4.69) is 10.3 Å². The molecule has 0 radical (unpaired) electrons. The Kier molecular flexibility index (Phi) is 6.87. The molecule has 0 aliphatic carbocycles. The number of hydrogen-bond donors (Lipinski definition) is 1. The number of benzene rings is 2. The zero-order chi connectivity index (χ0) is 25.2. The second-order valence-electron chi connectivity index (χ2n) is 9.39. The van der Waals surface area contributed by atoms with Crippen LogP contribution >= 0.6 is 11.3 Å². The van der Waals surface area contributed by atoms with Gasteiger partial charge >= 0.3 is 0 Å². The molecule has 2 aliphatic rings. The van der Waals surface area contributed by atoms with Crippen molar-refractivity contribution in [3.05, 3.63) is 76.4 Å². The first-order valence-electron chi connectivity index (χ1n) is 12.4. The van der Waals surface area contributed by atoms with Gasteiger partial charge in [-0.25, -0.2) is 4.98 Å². The zero-order valence-corrected chi connectivity index (χ0v) is 21.4. The Morgan fingerprint density at radius 1 is 1.17 bits per heavy atom. The summed E-state index contributed by atoms with van der Waals surface area (Å²) in [6, 6.07) is 14.5. The van der Waals surface area contributed by atoms with Crippen LogP contribution in [0.5, 0.6) is 0 Å². The third-order valence-electron chi connectivity index (χ3n) is 7.16. The van der Waals surface area contributed by atoms with E-state index in [1.807, 2.05) is 67.9 Å². The molecule has 1 N–H and O–H groups in total. The van der Waals surface area contributed by atoms with E-state index in [9.17, 15) is 14.4 Å². The average molecular weight is 503 g/mol. The van der Waals surface area contributed by atoms with E-state index >= 15 is 0 Å². The number of carbonyl (C=O) groups is 3. The van der Waals surface area contributed by atoms with Gasteiger partial charge in [-0.3, -0.25) is 14.4 Å². The van der Waals surface area contributed by atoms with E-state index in [4.69, 9.17) is 0 Å². The zero-order valence-electron chi connectivity index (χ0n) is 20.6. The van der Waals surface area contributed by atoms with Gasteiger partial charge in [0.05, 0.1) is 16.1 Å². The number of nitrogens with zero attached hydrogens (tertiary/aromatic N) is 3. The van der Waals surface area contributed by atoms with Crippen LogP contribution in [-0.4, -0.2) is 51.1 Å². The highest BCUT2D eigenvalue weighted by Crippen LogP contribution is 2.29. The van der Waals surface area contributed by atoms with Gasteiger partial charge in [0.2, 0.25) is 11.8 Å². The summed E-state index contributed by atoms with van der Waals surface area (Å²) in [6.45, 7) is 5.28. The maximum atomic E-state index is 13.6. The Morgan fingerprint density at radius 3 is 2.64 bits per heavy atom. The molecule has 0 bridgehead atoms. The van der Waals surface area contributed by atoms with Gasteiger partial charge in [-0.1, -0.05) is 49.4 Å². The molecule has 5 rings (SSSR count). The first-order chi connectivity index (χ1) is 17.5. The van der Waals surface area contributed by atoms with E-state index in [-0.39, 0.29) is 17.7 Å². The maximum absolute atomic E-state index is 13.6. The van der Waals surface area contributed by atoms with Crippen LogP contribution in [0.3, 0.4) is 0 Å². The molecule has 0 spiro atoms. The van der Waals surface area contributed by atoms with Gasteiger partial charge in [-0.05, 0) is 48.9 Å². The lowest BCUT2D eigenvalue weighted by Crippen LogP contribution is -2.53. The van der Waals surface area contributed by atoms with E-state index in [1.165, 1.54) is 0 Å². The van der Waals surface area contributed by atoms with Gasteiger partial charge in [-0.2, -0.15) is 0 Å². The highest BCUT2D eigenvalue weighted by molar-refractivity contribution is 7.13. The minimum Gasteiger partial charge on any atom is -0.350 e. The largest absolute Gasteiger partial charge is 0.350 e. The molecule has 3 amide bonds. The Morgan fingerprint density at radius 2 is 1.94 bits per heavy atom. The van der Waals surface area contributed by atoms with Gasteiger partial charge in [0.25, 0.3) is 5.91 Å². The van der Waals surface area contributed by atoms with Crippen molar-refractivity contribution in [3.63, 3.8) is 0 Å². The van der Waals surface area contributed by atoms with E-state index < -0.39 is 12.1 Å². The number of likely N-dealkylation sites (tertiary alicyclic amines) is 1. The summed E-state index contributed by atoms with van der Waals surface area (Å²) in [7, 11) is 0. The minimum absolute atomic E-state index is 0.108. The van der Waals surface area contributed by atoms with Crippen molar-refractivity contribution in [2.45, 2.75) is 58.3 Å². The Hall–Kier alpha value is -3.52. The first-order valence-corrected chi connectivity index (χ1v) is 13.3. The molecule has 3 aromatic rings. The summed E-state index contributed by atoms with van der Waals surface area (Å²) in [5.41, 5.74) is 6.57. The number of hydrogen-bond acceptors (Lipinski definition) is 5. The second kappa shape index (κ2) is 10.2. The van der Waals surface area contributed by atoms with Crippen LogP contribution in [0, 0.1) is 6.92 Å². The molecule has 0 saturated carbocycles. The van der Waals surface area contributed by atoms with Crippen LogP contribution in [0.25, 0.3) is 10.4 Å². The molecule has 2 atom stereocenters. The highest BCUT2D eigenvalue weighted by Gasteiger charge is 2.41. The molecule has 186 valence electrons. The van der Waals surface area contributed by atoms with Crippen LogP contribution in [0.1, 0.15) is 53.4 Å². The third-order valence-corrected chi connectivity index (χ3v) is 8.14. The third kappa shape index (κ3) is 4.53. The smallest absolute Gasteiger partial charge is 0.255 e. The monoisotopic (exact) mass is 502 g/mol. The second-order valence-corrected chi connectivity index (χ2v) is 10.2. The minimum atomic E-state index is -0.568. The number of thiazole rings is 1. The van der Waals surface area contributed by atoms with Gasteiger partial charge in [-0.15, -0.1) is 11.3 Å². The van der Waals surface area contributed by atoms with Gasteiger partial charge in [0, 0.05) is 25.2 Å². The molecule has 2 aliphatic heterocycles. The molecule has 2 aromatic carbocycles. The van der Waals surface area contributed by atoms with Gasteiger partial charge in [0.15, 0.2) is 0 Å². The predicted octanol–water partition coefficient (Wildman–Crippen LogP) is 4.16. The fraction of sp³-hybridized carbons (Fsp3) is 0.357. The normalized spacial score (nSPS) is 17.8. The maximum Gasteiger partial charge on any atom is 0.255 e. The van der Waals surface area contributed by atoms with Crippen LogP contribution < -0.4 is 5.32 Å². The molecule has 36 heavy (non-hydrogen) atoms. The standard InChI is InChI=1S/C28H30N4O3S/c1-3-23(32-16-21-7-4-5-8-22(21)27(32)34)28(35)31-14-6-9-24(31)26(33)29-15-19-10-12-20(13-11-19)25-18(2)30-17-36-25/h4-5,7-8,10-13,17,23-24H,3,6,9,14-16H2,1-2H3,(H,29,33)/t23-,24-/m0/s1. The molecule has 1 fully saturated rings. The number of aryl methyl sites for hydroxylation is 1. The molecule has 1 saturated heterocycles. The summed E-state index contributed by atoms with van der Waals surface area (Å²) in [4.78, 5) is 48.5. The quantitative estimate of drug-likeness (QED) is 0.526. The van der Waals surface area contributed by atoms with Crippen molar-refractivity contribution in [3.8, 4) is 10.4 Å². The molecule has 8 heteroatoms. The number of carbonyl (C=O) groups excluding carboxylic acids is 3. The topological polar surface area (TPSA) is 82.6 Å². The summed E-state index contributed by atoms with van der Waals surface area (Å²) < 4.78 is 0. The Balaban J connectivity index is 1.22. The summed E-state index contributed by atoms with van der Waals surface area (Å²) in [5.74, 6) is -0.391. The van der Waals surface area contributed by atoms with Crippen LogP contribution in [0.15, 0.2) is 54.0 Å². The van der Waals surface area contributed by atoms with Gasteiger partial charge in [0.1, 0.15) is 12.1 Å². The fourth-order valence-electron chi connectivity index (χ4n) is 5.21. The SMILES string of the molecule is CC[C@@H](C(=O)N1CCC[C@H]1C(=O)NCc1ccc(-c2scnc2C)cc1)N1Cc2ccccc2C1=O. The van der Waals surface area contributed by atoms with Crippen molar-refractivity contribution in [1.82, 2.24) is 20.1 Å². The Labute approximate surface area is 215 Å². The summed E-state index contributed by atoms with van der Waals surface area (Å²) in [6.07, 6.45) is 1.91. The molecule has 3 heterocycles. The van der Waals surface area contributed by atoms with Crippen LogP contribution in [0.4, 0.5) is 0 Å². The highest BCUT2D eigenvalue weighted by atomic mass is 32.1. The summed E-state index contributed by atoms with van der Waals surface area (Å²) >= 11 is 1.61. The van der Waals surface area contributed by atoms with Crippen molar-refractivity contribution < 1.29 is 14.4 Å². The molecular formula is C28H30N4O3S. The number of aromatic nitrogens is 1. The number of rotatable bonds is 7. The molecule has 1 aromatic heterocycles. The van der Waals surface area contributed by atoms with Crippen molar-refractivity contribution in [2.75, 3.05) is 6.54 Å². The molecular weight excluding hydrogens is 472 g/mol. The predicted molar refractivity (Wildman–Crippen MR) is 139 cm³/mol.